The first kappa shape index (κ1) is 23.3. The van der Waals surface area contributed by atoms with Crippen LogP contribution in [0.4, 0.5) is 4.39 Å². The molecule has 0 saturated heterocycles. The molecule has 0 spiro atoms. The summed E-state index contributed by atoms with van der Waals surface area (Å²) in [6, 6.07) is 5.18. The molecule has 2 heterocycles. The topological polar surface area (TPSA) is 67.1 Å². The van der Waals surface area contributed by atoms with E-state index in [1.807, 2.05) is 26.8 Å². The predicted molar refractivity (Wildman–Crippen MR) is 127 cm³/mol. The van der Waals surface area contributed by atoms with Crippen LogP contribution in [0.25, 0.3) is 5.69 Å². The van der Waals surface area contributed by atoms with Gasteiger partial charge in [-0.25, -0.2) is 19.4 Å². The third kappa shape index (κ3) is 6.49. The number of aromatic nitrogens is 3. The summed E-state index contributed by atoms with van der Waals surface area (Å²) in [6.07, 6.45) is 4.25. The number of hydrogen-bond acceptors (Lipinski definition) is 4. The van der Waals surface area contributed by atoms with E-state index in [2.05, 4.69) is 31.0 Å². The highest BCUT2D eigenvalue weighted by Crippen LogP contribution is 2.17. The minimum atomic E-state index is -0.286. The van der Waals surface area contributed by atoms with Gasteiger partial charge in [-0.15, -0.1) is 35.3 Å². The molecule has 0 amide bonds. The fourth-order valence-corrected chi connectivity index (χ4v) is 3.47. The Morgan fingerprint density at radius 1 is 1.28 bits per heavy atom. The zero-order valence-electron chi connectivity index (χ0n) is 16.8. The molecule has 0 fully saturated rings. The molecule has 2 N–H and O–H groups in total. The van der Waals surface area contributed by atoms with Crippen LogP contribution in [0, 0.1) is 19.7 Å². The number of aryl methyl sites for hydroxylation is 2. The summed E-state index contributed by atoms with van der Waals surface area (Å²) < 4.78 is 16.3. The van der Waals surface area contributed by atoms with Crippen LogP contribution < -0.4 is 10.6 Å². The number of guanidine groups is 1. The largest absolute Gasteiger partial charge is 0.357 e. The quantitative estimate of drug-likeness (QED) is 0.277. The van der Waals surface area contributed by atoms with Gasteiger partial charge in [-0.1, -0.05) is 6.07 Å². The van der Waals surface area contributed by atoms with Gasteiger partial charge in [-0.05, 0) is 38.5 Å². The molecule has 9 heteroatoms. The number of nitrogens with zero attached hydrogens (tertiary/aromatic N) is 4. The van der Waals surface area contributed by atoms with Crippen molar-refractivity contribution in [3.8, 4) is 5.69 Å². The van der Waals surface area contributed by atoms with Gasteiger partial charge in [0.05, 0.1) is 22.9 Å². The van der Waals surface area contributed by atoms with Crippen LogP contribution in [0.5, 0.6) is 0 Å². The Morgan fingerprint density at radius 2 is 2.10 bits per heavy atom. The zero-order chi connectivity index (χ0) is 19.9. The third-order valence-corrected chi connectivity index (χ3v) is 5.02. The second-order valence-electron chi connectivity index (χ2n) is 6.36. The first-order chi connectivity index (χ1) is 13.6. The number of imidazole rings is 1. The summed E-state index contributed by atoms with van der Waals surface area (Å²) in [4.78, 5) is 13.2. The van der Waals surface area contributed by atoms with Gasteiger partial charge in [-0.3, -0.25) is 0 Å². The molecular formula is C20H26FIN6S. The third-order valence-electron chi connectivity index (χ3n) is 4.20. The van der Waals surface area contributed by atoms with Gasteiger partial charge < -0.3 is 15.2 Å². The van der Waals surface area contributed by atoms with Gasteiger partial charge in [0.15, 0.2) is 5.96 Å². The minimum absolute atomic E-state index is 0. The molecule has 0 radical (unpaired) electrons. The summed E-state index contributed by atoms with van der Waals surface area (Å²) in [7, 11) is 0. The van der Waals surface area contributed by atoms with Crippen molar-refractivity contribution in [2.45, 2.75) is 33.7 Å². The highest BCUT2D eigenvalue weighted by Gasteiger charge is 2.08. The number of thiazole rings is 1. The molecule has 0 atom stereocenters. The fourth-order valence-electron chi connectivity index (χ4n) is 2.82. The summed E-state index contributed by atoms with van der Waals surface area (Å²) in [5, 5.41) is 9.67. The van der Waals surface area contributed by atoms with E-state index in [0.29, 0.717) is 18.2 Å². The zero-order valence-corrected chi connectivity index (χ0v) is 19.9. The van der Waals surface area contributed by atoms with Crippen molar-refractivity contribution in [1.29, 1.82) is 0 Å². The van der Waals surface area contributed by atoms with Gasteiger partial charge in [0, 0.05) is 37.3 Å². The maximum atomic E-state index is 14.5. The SMILES string of the molecule is CCNC(=NCc1ccc(-n2ccnc2C)c(F)c1)NCCc1csc(C)n1.I. The van der Waals surface area contributed by atoms with Crippen LogP contribution >= 0.6 is 35.3 Å². The van der Waals surface area contributed by atoms with Gasteiger partial charge in [-0.2, -0.15) is 0 Å². The Kier molecular flexibility index (Phi) is 9.02. The maximum absolute atomic E-state index is 14.5. The van der Waals surface area contributed by atoms with E-state index in [-0.39, 0.29) is 29.8 Å². The Labute approximate surface area is 191 Å². The molecule has 3 aromatic rings. The number of hydrogen-bond donors (Lipinski definition) is 2. The monoisotopic (exact) mass is 528 g/mol. The molecule has 6 nitrogen and oxygen atoms in total. The smallest absolute Gasteiger partial charge is 0.191 e. The van der Waals surface area contributed by atoms with E-state index < -0.39 is 0 Å². The van der Waals surface area contributed by atoms with Crippen molar-refractivity contribution in [3.63, 3.8) is 0 Å². The first-order valence-corrected chi connectivity index (χ1v) is 10.2. The molecule has 0 unspecified atom stereocenters. The maximum Gasteiger partial charge on any atom is 0.191 e. The van der Waals surface area contributed by atoms with E-state index in [0.717, 1.165) is 41.6 Å². The average Bonchev–Trinajstić information content (AvgIpc) is 3.28. The van der Waals surface area contributed by atoms with Crippen molar-refractivity contribution >= 4 is 41.3 Å². The molecular weight excluding hydrogens is 502 g/mol. The van der Waals surface area contributed by atoms with Crippen LogP contribution in [0.1, 0.15) is 29.0 Å². The van der Waals surface area contributed by atoms with E-state index in [9.17, 15) is 4.39 Å². The first-order valence-electron chi connectivity index (χ1n) is 9.28. The highest BCUT2D eigenvalue weighted by atomic mass is 127. The van der Waals surface area contributed by atoms with E-state index in [1.165, 1.54) is 6.07 Å². The van der Waals surface area contributed by atoms with Gasteiger partial charge >= 0.3 is 0 Å². The van der Waals surface area contributed by atoms with Gasteiger partial charge in [0.2, 0.25) is 0 Å². The average molecular weight is 528 g/mol. The van der Waals surface area contributed by atoms with Crippen molar-refractivity contribution in [3.05, 3.63) is 63.9 Å². The number of rotatable bonds is 7. The second-order valence-corrected chi connectivity index (χ2v) is 7.42. The van der Waals surface area contributed by atoms with Crippen molar-refractivity contribution < 1.29 is 4.39 Å². The minimum Gasteiger partial charge on any atom is -0.357 e. The molecule has 1 aromatic carbocycles. The Morgan fingerprint density at radius 3 is 2.72 bits per heavy atom. The van der Waals surface area contributed by atoms with E-state index in [4.69, 9.17) is 0 Å². The summed E-state index contributed by atoms with van der Waals surface area (Å²) in [6.45, 7) is 7.76. The molecule has 3 rings (SSSR count). The molecule has 156 valence electrons. The Balaban J connectivity index is 0.00000300. The van der Waals surface area contributed by atoms with Crippen LogP contribution in [0.2, 0.25) is 0 Å². The van der Waals surface area contributed by atoms with Crippen LogP contribution in [0.15, 0.2) is 41.0 Å². The molecule has 0 aliphatic heterocycles. The number of benzene rings is 1. The highest BCUT2D eigenvalue weighted by molar-refractivity contribution is 14.0. The van der Waals surface area contributed by atoms with Crippen LogP contribution in [-0.2, 0) is 13.0 Å². The second kappa shape index (κ2) is 11.2. The number of halogens is 2. The van der Waals surface area contributed by atoms with E-state index in [1.54, 1.807) is 34.4 Å². The van der Waals surface area contributed by atoms with Crippen molar-refractivity contribution in [2.24, 2.45) is 4.99 Å². The normalized spacial score (nSPS) is 11.2. The lowest BCUT2D eigenvalue weighted by Gasteiger charge is -2.11. The Hall–Kier alpha value is -2.01. The van der Waals surface area contributed by atoms with Crippen LogP contribution in [-0.4, -0.2) is 33.6 Å². The van der Waals surface area contributed by atoms with Crippen molar-refractivity contribution in [2.75, 3.05) is 13.1 Å². The molecule has 29 heavy (non-hydrogen) atoms. The van der Waals surface area contributed by atoms with Crippen LogP contribution in [0.3, 0.4) is 0 Å². The van der Waals surface area contributed by atoms with Gasteiger partial charge in [0.25, 0.3) is 0 Å². The van der Waals surface area contributed by atoms with E-state index >= 15 is 0 Å². The lowest BCUT2D eigenvalue weighted by atomic mass is 10.2. The predicted octanol–water partition coefficient (Wildman–Crippen LogP) is 4.00. The molecule has 0 aliphatic carbocycles. The lowest BCUT2D eigenvalue weighted by molar-refractivity contribution is 0.614. The number of aliphatic imine (C=N–C) groups is 1. The molecule has 0 bridgehead atoms. The fraction of sp³-hybridized carbons (Fsp3) is 0.350. The summed E-state index contributed by atoms with van der Waals surface area (Å²) in [5.74, 6) is 1.17. The molecule has 0 saturated carbocycles. The standard InChI is InChI=1S/C20H25FN6S.HI/c1-4-22-20(24-8-7-17-13-28-15(3)26-17)25-12-16-5-6-19(18(21)11-16)27-10-9-23-14(27)2;/h5-6,9-11,13H,4,7-8,12H2,1-3H3,(H2,22,24,25);1H. The lowest BCUT2D eigenvalue weighted by Crippen LogP contribution is -2.38. The molecule has 0 aliphatic rings. The Bertz CT molecular complexity index is 952. The van der Waals surface area contributed by atoms with Gasteiger partial charge in [0.1, 0.15) is 11.6 Å². The van der Waals surface area contributed by atoms with Crippen molar-refractivity contribution in [1.82, 2.24) is 25.2 Å². The molecule has 2 aromatic heterocycles. The number of nitrogens with one attached hydrogen (secondary N) is 2. The summed E-state index contributed by atoms with van der Waals surface area (Å²) in [5.41, 5.74) is 2.39. The summed E-state index contributed by atoms with van der Waals surface area (Å²) >= 11 is 1.66.